The molecule has 0 spiro atoms. The molecule has 2 fully saturated rings. The van der Waals surface area contributed by atoms with E-state index in [2.05, 4.69) is 20.4 Å². The van der Waals surface area contributed by atoms with Crippen LogP contribution in [-0.4, -0.2) is 80.2 Å². The minimum absolute atomic E-state index is 0.262. The molecular formula is C25H35N5O5. The summed E-state index contributed by atoms with van der Waals surface area (Å²) in [5, 5.41) is 5.65. The molecule has 10 nitrogen and oxygen atoms in total. The number of hydrogen-bond donors (Lipinski definition) is 3. The van der Waals surface area contributed by atoms with Gasteiger partial charge in [0.05, 0.1) is 25.8 Å². The van der Waals surface area contributed by atoms with Crippen LogP contribution in [0.5, 0.6) is 5.75 Å². The SMILES string of the molecule is COC(=O)C1=C(CN2CCC(C(N)=O)(N3CCCCC3)CC2)NC(=O)N[C@H]1c1cccc(OC)c1. The van der Waals surface area contributed by atoms with E-state index in [-0.39, 0.29) is 5.91 Å². The molecular weight excluding hydrogens is 450 g/mol. The number of carbonyl (C=O) groups is 3. The van der Waals surface area contributed by atoms with E-state index in [1.807, 2.05) is 12.1 Å². The Labute approximate surface area is 205 Å². The van der Waals surface area contributed by atoms with E-state index in [1.54, 1.807) is 19.2 Å². The monoisotopic (exact) mass is 485 g/mol. The van der Waals surface area contributed by atoms with E-state index < -0.39 is 23.6 Å². The van der Waals surface area contributed by atoms with Crippen molar-refractivity contribution in [3.63, 3.8) is 0 Å². The molecule has 2 saturated heterocycles. The molecule has 4 rings (SSSR count). The van der Waals surface area contributed by atoms with Crippen molar-refractivity contribution in [3.8, 4) is 5.75 Å². The van der Waals surface area contributed by atoms with Crippen molar-refractivity contribution in [3.05, 3.63) is 41.1 Å². The third-order valence-corrected chi connectivity index (χ3v) is 7.47. The summed E-state index contributed by atoms with van der Waals surface area (Å²) in [6.45, 7) is 3.40. The molecule has 0 radical (unpaired) electrons. The van der Waals surface area contributed by atoms with Crippen molar-refractivity contribution in [2.45, 2.75) is 43.7 Å². The van der Waals surface area contributed by atoms with Gasteiger partial charge in [0.25, 0.3) is 0 Å². The van der Waals surface area contributed by atoms with Crippen LogP contribution in [0.1, 0.15) is 43.7 Å². The zero-order valence-corrected chi connectivity index (χ0v) is 20.5. The van der Waals surface area contributed by atoms with Crippen molar-refractivity contribution in [2.75, 3.05) is 46.9 Å². The fourth-order valence-electron chi connectivity index (χ4n) is 5.51. The van der Waals surface area contributed by atoms with Crippen LogP contribution >= 0.6 is 0 Å². The number of nitrogens with one attached hydrogen (secondary N) is 2. The summed E-state index contributed by atoms with van der Waals surface area (Å²) in [6, 6.07) is 6.17. The topological polar surface area (TPSA) is 126 Å². The number of nitrogens with zero attached hydrogens (tertiary/aromatic N) is 2. The number of nitrogens with two attached hydrogens (primary N) is 1. The molecule has 3 heterocycles. The lowest BCUT2D eigenvalue weighted by Gasteiger charge is -2.48. The van der Waals surface area contributed by atoms with Gasteiger partial charge in [-0.2, -0.15) is 0 Å². The number of likely N-dealkylation sites (tertiary alicyclic amines) is 2. The summed E-state index contributed by atoms with van der Waals surface area (Å²) in [5.74, 6) is -0.156. The molecule has 3 aliphatic heterocycles. The average Bonchev–Trinajstić information content (AvgIpc) is 2.89. The second-order valence-corrected chi connectivity index (χ2v) is 9.41. The van der Waals surface area contributed by atoms with Crippen LogP contribution in [0.4, 0.5) is 4.79 Å². The van der Waals surface area contributed by atoms with Gasteiger partial charge < -0.3 is 25.8 Å². The van der Waals surface area contributed by atoms with Gasteiger partial charge in [0.15, 0.2) is 0 Å². The Hall–Kier alpha value is -3.11. The second-order valence-electron chi connectivity index (χ2n) is 9.41. The lowest BCUT2D eigenvalue weighted by Crippen LogP contribution is -2.63. The number of benzene rings is 1. The predicted octanol–water partition coefficient (Wildman–Crippen LogP) is 1.28. The van der Waals surface area contributed by atoms with Crippen molar-refractivity contribution in [1.82, 2.24) is 20.4 Å². The lowest BCUT2D eigenvalue weighted by molar-refractivity contribution is -0.136. The van der Waals surface area contributed by atoms with Crippen molar-refractivity contribution in [1.29, 1.82) is 0 Å². The number of esters is 1. The van der Waals surface area contributed by atoms with Gasteiger partial charge in [0, 0.05) is 25.3 Å². The lowest BCUT2D eigenvalue weighted by atomic mass is 9.83. The molecule has 4 N–H and O–H groups in total. The zero-order chi connectivity index (χ0) is 25.0. The molecule has 0 aromatic heterocycles. The van der Waals surface area contributed by atoms with Gasteiger partial charge in [-0.15, -0.1) is 0 Å². The van der Waals surface area contributed by atoms with Gasteiger partial charge in [-0.3, -0.25) is 14.6 Å². The first-order chi connectivity index (χ1) is 16.9. The molecule has 0 bridgehead atoms. The van der Waals surface area contributed by atoms with Gasteiger partial charge in [0.2, 0.25) is 5.91 Å². The third kappa shape index (κ3) is 5.13. The Morgan fingerprint density at radius 2 is 1.83 bits per heavy atom. The van der Waals surface area contributed by atoms with E-state index >= 15 is 0 Å². The highest BCUT2D eigenvalue weighted by Gasteiger charge is 2.45. The van der Waals surface area contributed by atoms with Gasteiger partial charge in [-0.1, -0.05) is 18.6 Å². The maximum Gasteiger partial charge on any atom is 0.338 e. The Kier molecular flexibility index (Phi) is 7.61. The number of hydrogen-bond acceptors (Lipinski definition) is 7. The van der Waals surface area contributed by atoms with Gasteiger partial charge in [-0.25, -0.2) is 9.59 Å². The molecule has 1 aromatic carbocycles. The van der Waals surface area contributed by atoms with E-state index in [0.717, 1.165) is 25.9 Å². The smallest absolute Gasteiger partial charge is 0.338 e. The van der Waals surface area contributed by atoms with Crippen molar-refractivity contribution < 1.29 is 23.9 Å². The van der Waals surface area contributed by atoms with Crippen LogP contribution in [0.15, 0.2) is 35.5 Å². The number of urea groups is 1. The predicted molar refractivity (Wildman–Crippen MR) is 129 cm³/mol. The van der Waals surface area contributed by atoms with Crippen molar-refractivity contribution in [2.24, 2.45) is 5.73 Å². The number of carbonyl (C=O) groups excluding carboxylic acids is 3. The quantitative estimate of drug-likeness (QED) is 0.497. The average molecular weight is 486 g/mol. The van der Waals surface area contributed by atoms with Gasteiger partial charge >= 0.3 is 12.0 Å². The van der Waals surface area contributed by atoms with Crippen LogP contribution in [0, 0.1) is 0 Å². The number of amides is 3. The number of methoxy groups -OCH3 is 2. The minimum Gasteiger partial charge on any atom is -0.497 e. The molecule has 1 aromatic rings. The largest absolute Gasteiger partial charge is 0.497 e. The van der Waals surface area contributed by atoms with E-state index in [0.29, 0.717) is 55.1 Å². The van der Waals surface area contributed by atoms with Crippen LogP contribution < -0.4 is 21.1 Å². The van der Waals surface area contributed by atoms with E-state index in [9.17, 15) is 14.4 Å². The molecule has 10 heteroatoms. The number of rotatable bonds is 7. The molecule has 0 aliphatic carbocycles. The summed E-state index contributed by atoms with van der Waals surface area (Å²) in [6.07, 6.45) is 4.59. The maximum absolute atomic E-state index is 12.9. The summed E-state index contributed by atoms with van der Waals surface area (Å²) < 4.78 is 10.4. The highest BCUT2D eigenvalue weighted by Crippen LogP contribution is 2.33. The first-order valence-electron chi connectivity index (χ1n) is 12.2. The number of piperidine rings is 2. The first kappa shape index (κ1) is 25.0. The van der Waals surface area contributed by atoms with Crippen LogP contribution in [0.25, 0.3) is 0 Å². The summed E-state index contributed by atoms with van der Waals surface area (Å²) in [5.41, 5.74) is 6.86. The molecule has 0 unspecified atom stereocenters. The Bertz CT molecular complexity index is 996. The summed E-state index contributed by atoms with van der Waals surface area (Å²) >= 11 is 0. The Balaban J connectivity index is 1.57. The molecule has 0 saturated carbocycles. The Morgan fingerprint density at radius 1 is 1.11 bits per heavy atom. The van der Waals surface area contributed by atoms with E-state index in [1.165, 1.54) is 13.5 Å². The minimum atomic E-state index is -0.677. The summed E-state index contributed by atoms with van der Waals surface area (Å²) in [7, 11) is 2.89. The third-order valence-electron chi connectivity index (χ3n) is 7.47. The van der Waals surface area contributed by atoms with Crippen molar-refractivity contribution >= 4 is 17.9 Å². The van der Waals surface area contributed by atoms with Crippen LogP contribution in [0.2, 0.25) is 0 Å². The zero-order valence-electron chi connectivity index (χ0n) is 20.5. The fraction of sp³-hybridized carbons (Fsp3) is 0.560. The van der Waals surface area contributed by atoms with Gasteiger partial charge in [0.1, 0.15) is 11.3 Å². The number of ether oxygens (including phenoxy) is 2. The second kappa shape index (κ2) is 10.7. The first-order valence-corrected chi connectivity index (χ1v) is 12.2. The maximum atomic E-state index is 12.9. The van der Waals surface area contributed by atoms with Gasteiger partial charge in [-0.05, 0) is 56.5 Å². The molecule has 3 aliphatic rings. The van der Waals surface area contributed by atoms with Crippen LogP contribution in [-0.2, 0) is 14.3 Å². The molecule has 35 heavy (non-hydrogen) atoms. The van der Waals surface area contributed by atoms with E-state index in [4.69, 9.17) is 15.2 Å². The van der Waals surface area contributed by atoms with Crippen LogP contribution in [0.3, 0.4) is 0 Å². The molecule has 3 amide bonds. The standard InChI is InChI=1S/C25H35N5O5/c1-34-18-8-6-7-17(15-18)21-20(22(31)35-2)19(27-24(33)28-21)16-29-13-9-25(10-14-29,23(26)32)30-11-4-3-5-12-30/h6-8,15,21H,3-5,9-14,16H2,1-2H3,(H2,26,32)(H2,27,28,33)/t21-/m0/s1. The highest BCUT2D eigenvalue weighted by molar-refractivity contribution is 5.95. The number of primary amides is 1. The normalized spacial score (nSPS) is 23.3. The molecule has 190 valence electrons. The molecule has 1 atom stereocenters. The summed E-state index contributed by atoms with van der Waals surface area (Å²) in [4.78, 5) is 42.4. The highest BCUT2D eigenvalue weighted by atomic mass is 16.5. The fourth-order valence-corrected chi connectivity index (χ4v) is 5.51. The Morgan fingerprint density at radius 3 is 2.46 bits per heavy atom.